The SMILES string of the molecule is CCCCN1C(=O)c2ccc(C(=O)NCCc3cc(OC)c(OC)cc3Br)cc2C1=O. The van der Waals surface area contributed by atoms with E-state index in [2.05, 4.69) is 21.2 Å². The van der Waals surface area contributed by atoms with Crippen LogP contribution in [0.1, 0.15) is 56.4 Å². The van der Waals surface area contributed by atoms with Gasteiger partial charge in [0.05, 0.1) is 25.3 Å². The lowest BCUT2D eigenvalue weighted by molar-refractivity contribution is 0.0652. The summed E-state index contributed by atoms with van der Waals surface area (Å²) in [6.45, 7) is 2.78. The van der Waals surface area contributed by atoms with Crippen molar-refractivity contribution in [2.75, 3.05) is 27.3 Å². The normalized spacial score (nSPS) is 12.7. The average Bonchev–Trinajstić information content (AvgIpc) is 3.02. The molecule has 1 N–H and O–H groups in total. The van der Waals surface area contributed by atoms with Gasteiger partial charge in [-0.3, -0.25) is 19.3 Å². The van der Waals surface area contributed by atoms with Crippen molar-refractivity contribution >= 4 is 33.7 Å². The Bertz CT molecular complexity index is 1020. The first kappa shape index (κ1) is 22.8. The first-order valence-corrected chi connectivity index (χ1v) is 10.9. The maximum atomic E-state index is 12.6. The number of amides is 3. The zero-order valence-corrected chi connectivity index (χ0v) is 19.4. The van der Waals surface area contributed by atoms with Crippen molar-refractivity contribution in [2.24, 2.45) is 0 Å². The summed E-state index contributed by atoms with van der Waals surface area (Å²) in [5.74, 6) is 0.302. The van der Waals surface area contributed by atoms with Crippen LogP contribution in [0, 0.1) is 0 Å². The monoisotopic (exact) mass is 488 g/mol. The molecule has 0 saturated heterocycles. The Morgan fingerprint density at radius 3 is 2.39 bits per heavy atom. The summed E-state index contributed by atoms with van der Waals surface area (Å²) < 4.78 is 11.5. The highest BCUT2D eigenvalue weighted by Gasteiger charge is 2.35. The number of ether oxygens (including phenoxy) is 2. The van der Waals surface area contributed by atoms with Crippen molar-refractivity contribution in [3.8, 4) is 11.5 Å². The Labute approximate surface area is 189 Å². The van der Waals surface area contributed by atoms with Crippen LogP contribution >= 0.6 is 15.9 Å². The molecule has 1 aliphatic heterocycles. The van der Waals surface area contributed by atoms with Crippen LogP contribution in [0.3, 0.4) is 0 Å². The van der Waals surface area contributed by atoms with Crippen molar-refractivity contribution < 1.29 is 23.9 Å². The van der Waals surface area contributed by atoms with Crippen LogP contribution in [0.25, 0.3) is 0 Å². The smallest absolute Gasteiger partial charge is 0.261 e. The zero-order chi connectivity index (χ0) is 22.5. The molecule has 1 heterocycles. The number of rotatable bonds is 9. The molecule has 0 spiro atoms. The Kier molecular flexibility index (Phi) is 7.33. The first-order chi connectivity index (χ1) is 14.9. The highest BCUT2D eigenvalue weighted by atomic mass is 79.9. The van der Waals surface area contributed by atoms with E-state index in [4.69, 9.17) is 9.47 Å². The summed E-state index contributed by atoms with van der Waals surface area (Å²) in [5, 5.41) is 2.86. The van der Waals surface area contributed by atoms with E-state index in [0.717, 1.165) is 22.9 Å². The molecule has 0 aromatic heterocycles. The van der Waals surface area contributed by atoms with Crippen molar-refractivity contribution in [2.45, 2.75) is 26.2 Å². The fourth-order valence-electron chi connectivity index (χ4n) is 3.45. The number of fused-ring (bicyclic) bond motifs is 1. The van der Waals surface area contributed by atoms with Crippen LogP contribution < -0.4 is 14.8 Å². The van der Waals surface area contributed by atoms with Gasteiger partial charge in [-0.05, 0) is 48.7 Å². The number of hydrogen-bond donors (Lipinski definition) is 1. The quantitative estimate of drug-likeness (QED) is 0.542. The van der Waals surface area contributed by atoms with Gasteiger partial charge in [-0.2, -0.15) is 0 Å². The molecule has 0 fully saturated rings. The van der Waals surface area contributed by atoms with E-state index in [1.54, 1.807) is 26.4 Å². The molecule has 164 valence electrons. The van der Waals surface area contributed by atoms with E-state index >= 15 is 0 Å². The van der Waals surface area contributed by atoms with Crippen molar-refractivity contribution in [3.05, 3.63) is 57.1 Å². The Morgan fingerprint density at radius 1 is 1.03 bits per heavy atom. The van der Waals surface area contributed by atoms with Crippen LogP contribution in [0.2, 0.25) is 0 Å². The second kappa shape index (κ2) is 9.96. The summed E-state index contributed by atoms with van der Waals surface area (Å²) in [6.07, 6.45) is 2.21. The average molecular weight is 489 g/mol. The minimum Gasteiger partial charge on any atom is -0.493 e. The largest absolute Gasteiger partial charge is 0.493 e. The van der Waals surface area contributed by atoms with E-state index < -0.39 is 0 Å². The third-order valence-corrected chi connectivity index (χ3v) is 5.94. The van der Waals surface area contributed by atoms with Gasteiger partial charge in [0, 0.05) is 23.1 Å². The molecule has 3 amide bonds. The lowest BCUT2D eigenvalue weighted by atomic mass is 10.1. The molecule has 0 radical (unpaired) electrons. The number of methoxy groups -OCH3 is 2. The number of hydrogen-bond acceptors (Lipinski definition) is 5. The first-order valence-electron chi connectivity index (χ1n) is 10.1. The second-order valence-electron chi connectivity index (χ2n) is 7.18. The number of imide groups is 1. The molecule has 3 rings (SSSR count). The van der Waals surface area contributed by atoms with E-state index in [1.165, 1.54) is 11.0 Å². The predicted octanol–water partition coefficient (Wildman–Crippen LogP) is 3.83. The van der Waals surface area contributed by atoms with E-state index in [0.29, 0.717) is 42.1 Å². The van der Waals surface area contributed by atoms with Gasteiger partial charge in [-0.1, -0.05) is 29.3 Å². The van der Waals surface area contributed by atoms with Gasteiger partial charge in [0.25, 0.3) is 17.7 Å². The summed E-state index contributed by atoms with van der Waals surface area (Å²) in [6, 6.07) is 8.32. The summed E-state index contributed by atoms with van der Waals surface area (Å²) in [4.78, 5) is 38.9. The van der Waals surface area contributed by atoms with Gasteiger partial charge < -0.3 is 14.8 Å². The summed E-state index contributed by atoms with van der Waals surface area (Å²) in [7, 11) is 3.14. The Balaban J connectivity index is 1.66. The van der Waals surface area contributed by atoms with Gasteiger partial charge in [-0.25, -0.2) is 0 Å². The Morgan fingerprint density at radius 2 is 1.71 bits per heavy atom. The zero-order valence-electron chi connectivity index (χ0n) is 17.8. The standard InChI is InChI=1S/C23H25BrN2O5/c1-4-5-10-26-22(28)16-7-6-15(11-17(16)23(26)29)21(27)25-9-8-14-12-19(30-2)20(31-3)13-18(14)24/h6-7,11-13H,4-5,8-10H2,1-3H3,(H,25,27). The molecule has 2 aromatic rings. The third-order valence-electron chi connectivity index (χ3n) is 5.20. The number of unbranched alkanes of at least 4 members (excludes halogenated alkanes) is 1. The molecule has 8 heteroatoms. The van der Waals surface area contributed by atoms with Crippen molar-refractivity contribution in [3.63, 3.8) is 0 Å². The highest BCUT2D eigenvalue weighted by Crippen LogP contribution is 2.33. The molecule has 0 unspecified atom stereocenters. The fraction of sp³-hybridized carbons (Fsp3) is 0.348. The molecule has 31 heavy (non-hydrogen) atoms. The minimum absolute atomic E-state index is 0.288. The summed E-state index contributed by atoms with van der Waals surface area (Å²) in [5.41, 5.74) is 1.95. The van der Waals surface area contributed by atoms with Crippen LogP contribution in [0.15, 0.2) is 34.8 Å². The summed E-state index contributed by atoms with van der Waals surface area (Å²) >= 11 is 3.51. The second-order valence-corrected chi connectivity index (χ2v) is 8.03. The van der Waals surface area contributed by atoms with E-state index in [9.17, 15) is 14.4 Å². The lowest BCUT2D eigenvalue weighted by Crippen LogP contribution is -2.30. The van der Waals surface area contributed by atoms with Crippen molar-refractivity contribution in [1.29, 1.82) is 0 Å². The molecule has 2 aromatic carbocycles. The van der Waals surface area contributed by atoms with Gasteiger partial charge in [0.2, 0.25) is 0 Å². The molecule has 0 aliphatic carbocycles. The van der Waals surface area contributed by atoms with Crippen molar-refractivity contribution in [1.82, 2.24) is 10.2 Å². The van der Waals surface area contributed by atoms with E-state index in [1.807, 2.05) is 19.1 Å². The van der Waals surface area contributed by atoms with Crippen LogP contribution in [0.4, 0.5) is 0 Å². The van der Waals surface area contributed by atoms with Gasteiger partial charge in [0.1, 0.15) is 0 Å². The molecule has 0 atom stereocenters. The number of halogens is 1. The maximum Gasteiger partial charge on any atom is 0.261 e. The lowest BCUT2D eigenvalue weighted by Gasteiger charge is -2.12. The highest BCUT2D eigenvalue weighted by molar-refractivity contribution is 9.10. The van der Waals surface area contributed by atoms with E-state index in [-0.39, 0.29) is 23.3 Å². The number of nitrogens with one attached hydrogen (secondary N) is 1. The fourth-order valence-corrected chi connectivity index (χ4v) is 3.97. The number of carbonyl (C=O) groups excluding carboxylic acids is 3. The molecule has 0 saturated carbocycles. The van der Waals surface area contributed by atoms with Crippen LogP contribution in [-0.4, -0.2) is 49.9 Å². The van der Waals surface area contributed by atoms with Crippen LogP contribution in [-0.2, 0) is 6.42 Å². The number of nitrogens with zero attached hydrogens (tertiary/aromatic N) is 1. The van der Waals surface area contributed by atoms with Gasteiger partial charge in [-0.15, -0.1) is 0 Å². The van der Waals surface area contributed by atoms with Gasteiger partial charge in [0.15, 0.2) is 11.5 Å². The predicted molar refractivity (Wildman–Crippen MR) is 120 cm³/mol. The van der Waals surface area contributed by atoms with Gasteiger partial charge >= 0.3 is 0 Å². The Hall–Kier alpha value is -2.87. The molecule has 7 nitrogen and oxygen atoms in total. The topological polar surface area (TPSA) is 84.9 Å². The minimum atomic E-state index is -0.336. The molecule has 1 aliphatic rings. The third kappa shape index (κ3) is 4.74. The molecular weight excluding hydrogens is 464 g/mol. The number of benzene rings is 2. The maximum absolute atomic E-state index is 12.6. The number of carbonyl (C=O) groups is 3. The molecular formula is C23H25BrN2O5. The van der Waals surface area contributed by atoms with Crippen LogP contribution in [0.5, 0.6) is 11.5 Å². The molecule has 0 bridgehead atoms.